The zero-order valence-corrected chi connectivity index (χ0v) is 11.4. The Morgan fingerprint density at radius 2 is 2.06 bits per heavy atom. The molecule has 0 aromatic heterocycles. The Morgan fingerprint density at radius 1 is 1.39 bits per heavy atom. The first-order valence-electron chi connectivity index (χ1n) is 5.12. The molecule has 7 heteroatoms. The van der Waals surface area contributed by atoms with Crippen molar-refractivity contribution in [2.75, 3.05) is 6.54 Å². The molecular weight excluding hydrogens is 334 g/mol. The van der Waals surface area contributed by atoms with Crippen molar-refractivity contribution >= 4 is 33.4 Å². The van der Waals surface area contributed by atoms with E-state index >= 15 is 0 Å². The van der Waals surface area contributed by atoms with Crippen LogP contribution in [0.3, 0.4) is 0 Å². The average Bonchev–Trinajstić information content (AvgIpc) is 2.31. The van der Waals surface area contributed by atoms with Gasteiger partial charge in [-0.05, 0) is 39.5 Å². The maximum atomic E-state index is 12.4. The molecule has 0 saturated carbocycles. The number of carbonyl (C=O) groups excluding carboxylic acids is 1. The lowest BCUT2D eigenvalue weighted by Gasteiger charge is -2.30. The second kappa shape index (κ2) is 4.74. The Kier molecular flexibility index (Phi) is 3.60. The summed E-state index contributed by atoms with van der Waals surface area (Å²) in [5.41, 5.74) is 1.56. The molecule has 2 rings (SSSR count). The lowest BCUT2D eigenvalue weighted by atomic mass is 10.00. The van der Waals surface area contributed by atoms with Crippen LogP contribution >= 0.6 is 27.5 Å². The van der Waals surface area contributed by atoms with Crippen molar-refractivity contribution in [3.8, 4) is 0 Å². The Bertz CT molecular complexity index is 504. The number of nitrogens with zero attached hydrogens (tertiary/aromatic N) is 1. The summed E-state index contributed by atoms with van der Waals surface area (Å²) in [7, 11) is 0. The van der Waals surface area contributed by atoms with Crippen molar-refractivity contribution in [3.63, 3.8) is 0 Å². The van der Waals surface area contributed by atoms with Gasteiger partial charge in [-0.3, -0.25) is 4.79 Å². The van der Waals surface area contributed by atoms with Crippen LogP contribution in [0.1, 0.15) is 11.1 Å². The maximum Gasteiger partial charge on any atom is 0.471 e. The molecule has 0 radical (unpaired) electrons. The monoisotopic (exact) mass is 341 g/mol. The number of halogens is 5. The van der Waals surface area contributed by atoms with Crippen LogP contribution in [0.15, 0.2) is 16.6 Å². The minimum atomic E-state index is -4.83. The Morgan fingerprint density at radius 3 is 2.67 bits per heavy atom. The van der Waals surface area contributed by atoms with Crippen molar-refractivity contribution in [1.29, 1.82) is 0 Å². The smallest absolute Gasteiger partial charge is 0.330 e. The standard InChI is InChI=1S/C11H8BrClF3NO/c12-9-7-5-17(10(18)11(14,15)16)4-3-6(7)1-2-8(9)13/h1-2H,3-5H2. The molecule has 1 heterocycles. The Labute approximate surface area is 115 Å². The van der Waals surface area contributed by atoms with Gasteiger partial charge in [0.25, 0.3) is 0 Å². The lowest BCUT2D eigenvalue weighted by Crippen LogP contribution is -2.43. The zero-order chi connectivity index (χ0) is 13.5. The number of alkyl halides is 3. The zero-order valence-electron chi connectivity index (χ0n) is 9.02. The van der Waals surface area contributed by atoms with Gasteiger partial charge >= 0.3 is 12.1 Å². The quantitative estimate of drug-likeness (QED) is 0.706. The molecule has 18 heavy (non-hydrogen) atoms. The number of carbonyl (C=O) groups is 1. The molecule has 1 aromatic carbocycles. The van der Waals surface area contributed by atoms with Crippen LogP contribution in [0, 0.1) is 0 Å². The molecule has 0 atom stereocenters. The van der Waals surface area contributed by atoms with Gasteiger partial charge < -0.3 is 4.90 Å². The predicted molar refractivity (Wildman–Crippen MR) is 64.3 cm³/mol. The molecule has 0 saturated heterocycles. The SMILES string of the molecule is O=C(N1CCc2ccc(Cl)c(Br)c2C1)C(F)(F)F. The highest BCUT2D eigenvalue weighted by Crippen LogP contribution is 2.33. The first-order chi connectivity index (χ1) is 8.30. The Hall–Kier alpha value is -0.750. The lowest BCUT2D eigenvalue weighted by molar-refractivity contribution is -0.186. The van der Waals surface area contributed by atoms with Gasteiger partial charge in [-0.2, -0.15) is 13.2 Å². The second-order valence-corrected chi connectivity index (χ2v) is 5.17. The van der Waals surface area contributed by atoms with Crippen LogP contribution < -0.4 is 0 Å². The van der Waals surface area contributed by atoms with E-state index in [1.165, 1.54) is 0 Å². The summed E-state index contributed by atoms with van der Waals surface area (Å²) in [5.74, 6) is -1.81. The van der Waals surface area contributed by atoms with Crippen LogP contribution in [0.5, 0.6) is 0 Å². The van der Waals surface area contributed by atoms with Crippen LogP contribution in [0.2, 0.25) is 5.02 Å². The van der Waals surface area contributed by atoms with Gasteiger partial charge in [0.05, 0.1) is 5.02 Å². The molecular formula is C11H8BrClF3NO. The minimum absolute atomic E-state index is 0.0689. The molecule has 0 spiro atoms. The van der Waals surface area contributed by atoms with E-state index in [4.69, 9.17) is 11.6 Å². The molecule has 1 amide bonds. The molecule has 1 aromatic rings. The summed E-state index contributed by atoms with van der Waals surface area (Å²) < 4.78 is 37.6. The van der Waals surface area contributed by atoms with Gasteiger partial charge in [0.15, 0.2) is 0 Å². The van der Waals surface area contributed by atoms with Crippen molar-refractivity contribution in [2.24, 2.45) is 0 Å². The summed E-state index contributed by atoms with van der Waals surface area (Å²) in [6.07, 6.45) is -4.44. The van der Waals surface area contributed by atoms with Gasteiger partial charge in [0.1, 0.15) is 0 Å². The van der Waals surface area contributed by atoms with E-state index < -0.39 is 12.1 Å². The molecule has 2 nitrogen and oxygen atoms in total. The number of hydrogen-bond donors (Lipinski definition) is 0. The van der Waals surface area contributed by atoms with Crippen molar-refractivity contribution < 1.29 is 18.0 Å². The number of amides is 1. The fourth-order valence-corrected chi connectivity index (χ4v) is 2.61. The van der Waals surface area contributed by atoms with Gasteiger partial charge in [0, 0.05) is 17.6 Å². The molecule has 1 aliphatic rings. The van der Waals surface area contributed by atoms with E-state index in [-0.39, 0.29) is 13.1 Å². The minimum Gasteiger partial charge on any atom is -0.330 e. The summed E-state index contributed by atoms with van der Waals surface area (Å²) in [6, 6.07) is 3.46. The topological polar surface area (TPSA) is 20.3 Å². The fraction of sp³-hybridized carbons (Fsp3) is 0.364. The van der Waals surface area contributed by atoms with Crippen molar-refractivity contribution in [2.45, 2.75) is 19.1 Å². The average molecular weight is 343 g/mol. The van der Waals surface area contributed by atoms with E-state index in [1.54, 1.807) is 12.1 Å². The van der Waals surface area contributed by atoms with Gasteiger partial charge in [-0.25, -0.2) is 0 Å². The fourth-order valence-electron chi connectivity index (χ4n) is 1.92. The maximum absolute atomic E-state index is 12.4. The summed E-state index contributed by atoms with van der Waals surface area (Å²) in [5, 5.41) is 0.426. The van der Waals surface area contributed by atoms with Crippen LogP contribution in [0.4, 0.5) is 13.2 Å². The second-order valence-electron chi connectivity index (χ2n) is 3.97. The molecule has 0 aliphatic carbocycles. The third-order valence-corrected chi connectivity index (χ3v) is 4.27. The third-order valence-electron chi connectivity index (χ3n) is 2.82. The van der Waals surface area contributed by atoms with Crippen molar-refractivity contribution in [3.05, 3.63) is 32.8 Å². The first kappa shape index (κ1) is 13.7. The molecule has 1 aliphatic heterocycles. The normalized spacial score (nSPS) is 15.5. The summed E-state index contributed by atoms with van der Waals surface area (Å²) in [6.45, 7) is -0.00572. The summed E-state index contributed by atoms with van der Waals surface area (Å²) in [4.78, 5) is 12.0. The van der Waals surface area contributed by atoms with Crippen LogP contribution in [-0.2, 0) is 17.8 Å². The van der Waals surface area contributed by atoms with E-state index in [0.717, 1.165) is 10.5 Å². The summed E-state index contributed by atoms with van der Waals surface area (Å²) >= 11 is 9.13. The highest BCUT2D eigenvalue weighted by molar-refractivity contribution is 9.10. The highest BCUT2D eigenvalue weighted by atomic mass is 79.9. The molecule has 0 unspecified atom stereocenters. The van der Waals surface area contributed by atoms with Gasteiger partial charge in [-0.15, -0.1) is 0 Å². The highest BCUT2D eigenvalue weighted by Gasteiger charge is 2.43. The number of rotatable bonds is 0. The number of fused-ring (bicyclic) bond motifs is 1. The molecule has 98 valence electrons. The van der Waals surface area contributed by atoms with E-state index in [9.17, 15) is 18.0 Å². The number of hydrogen-bond acceptors (Lipinski definition) is 1. The van der Waals surface area contributed by atoms with E-state index in [1.807, 2.05) is 0 Å². The first-order valence-corrected chi connectivity index (χ1v) is 6.29. The molecule has 0 fully saturated rings. The predicted octanol–water partition coefficient (Wildman–Crippen LogP) is 3.55. The largest absolute Gasteiger partial charge is 0.471 e. The third kappa shape index (κ3) is 2.49. The van der Waals surface area contributed by atoms with Gasteiger partial charge in [0.2, 0.25) is 0 Å². The molecule has 0 bridgehead atoms. The molecule has 0 N–H and O–H groups in total. The van der Waals surface area contributed by atoms with Gasteiger partial charge in [-0.1, -0.05) is 17.7 Å². The van der Waals surface area contributed by atoms with E-state index in [2.05, 4.69) is 15.9 Å². The van der Waals surface area contributed by atoms with Crippen LogP contribution in [0.25, 0.3) is 0 Å². The van der Waals surface area contributed by atoms with Crippen molar-refractivity contribution in [1.82, 2.24) is 4.90 Å². The Balaban J connectivity index is 2.30. The number of benzene rings is 1. The van der Waals surface area contributed by atoms with E-state index in [0.29, 0.717) is 21.5 Å². The van der Waals surface area contributed by atoms with Crippen LogP contribution in [-0.4, -0.2) is 23.5 Å².